The molecule has 3 amide bonds. The lowest BCUT2D eigenvalue weighted by Gasteiger charge is -2.49. The number of nitrogens with zero attached hydrogens (tertiary/aromatic N) is 1. The zero-order chi connectivity index (χ0) is 34.1. The molecule has 2 aliphatic rings. The second-order valence-corrected chi connectivity index (χ2v) is 15.3. The number of amides is 3. The molecule has 2 rings (SSSR count). The maximum absolute atomic E-state index is 13.4. The maximum atomic E-state index is 13.4. The van der Waals surface area contributed by atoms with Gasteiger partial charge in [-0.3, -0.25) is 9.59 Å². The van der Waals surface area contributed by atoms with Crippen molar-refractivity contribution >= 4 is 17.9 Å². The van der Waals surface area contributed by atoms with Crippen molar-refractivity contribution < 1.29 is 29.0 Å². The maximum Gasteiger partial charge on any atom is 0.315 e. The normalized spacial score (nSPS) is 20.9. The highest BCUT2D eigenvalue weighted by Crippen LogP contribution is 2.41. The SMILES string of the molecule is CCCCCCCCCCCCCCCCCCN(C(N)=O)C1(C(CNC(=O)C2OC(C)(C)OCC2(C)C)C(=O)O)CCCCC1. The molecule has 0 radical (unpaired) electrons. The van der Waals surface area contributed by atoms with Crippen LogP contribution >= 0.6 is 0 Å². The van der Waals surface area contributed by atoms with E-state index in [-0.39, 0.29) is 12.5 Å². The van der Waals surface area contributed by atoms with Crippen LogP contribution in [-0.4, -0.2) is 65.0 Å². The summed E-state index contributed by atoms with van der Waals surface area (Å²) in [5, 5.41) is 13.3. The van der Waals surface area contributed by atoms with Crippen LogP contribution in [0.2, 0.25) is 0 Å². The summed E-state index contributed by atoms with van der Waals surface area (Å²) < 4.78 is 11.7. The Hall–Kier alpha value is -1.87. The van der Waals surface area contributed by atoms with E-state index in [0.717, 1.165) is 38.5 Å². The Morgan fingerprint density at radius 2 is 1.28 bits per heavy atom. The topological polar surface area (TPSA) is 131 Å². The first-order valence-electron chi connectivity index (χ1n) is 18.8. The third-order valence-electron chi connectivity index (χ3n) is 10.3. The van der Waals surface area contributed by atoms with Crippen molar-refractivity contribution in [2.75, 3.05) is 19.7 Å². The summed E-state index contributed by atoms with van der Waals surface area (Å²) >= 11 is 0. The van der Waals surface area contributed by atoms with Crippen LogP contribution in [0, 0.1) is 11.3 Å². The van der Waals surface area contributed by atoms with Crippen LogP contribution in [-0.2, 0) is 19.1 Å². The van der Waals surface area contributed by atoms with Crippen molar-refractivity contribution in [3.05, 3.63) is 0 Å². The number of hydrogen-bond acceptors (Lipinski definition) is 5. The molecule has 4 N–H and O–H groups in total. The minimum atomic E-state index is -1.02. The largest absolute Gasteiger partial charge is 0.481 e. The molecule has 1 heterocycles. The lowest BCUT2D eigenvalue weighted by atomic mass is 9.71. The van der Waals surface area contributed by atoms with E-state index in [0.29, 0.717) is 26.0 Å². The predicted octanol–water partition coefficient (Wildman–Crippen LogP) is 8.33. The number of unbranched alkanes of at least 4 members (excludes halogenated alkanes) is 15. The highest BCUT2D eigenvalue weighted by molar-refractivity contribution is 5.83. The fraction of sp³-hybridized carbons (Fsp3) is 0.919. The molecule has 46 heavy (non-hydrogen) atoms. The minimum Gasteiger partial charge on any atom is -0.481 e. The molecule has 0 spiro atoms. The van der Waals surface area contributed by atoms with Gasteiger partial charge in [0.2, 0.25) is 5.91 Å². The van der Waals surface area contributed by atoms with Crippen molar-refractivity contribution in [3.63, 3.8) is 0 Å². The first-order chi connectivity index (χ1) is 21.9. The molecular weight excluding hydrogens is 582 g/mol. The molecule has 1 saturated carbocycles. The molecule has 9 nitrogen and oxygen atoms in total. The van der Waals surface area contributed by atoms with Gasteiger partial charge >= 0.3 is 12.0 Å². The van der Waals surface area contributed by atoms with Crippen LogP contribution < -0.4 is 11.1 Å². The number of rotatable bonds is 23. The van der Waals surface area contributed by atoms with E-state index < -0.39 is 40.8 Å². The monoisotopic (exact) mass is 652 g/mol. The molecule has 2 unspecified atom stereocenters. The van der Waals surface area contributed by atoms with Gasteiger partial charge in [0.05, 0.1) is 18.1 Å². The molecule has 0 aromatic heterocycles. The van der Waals surface area contributed by atoms with Gasteiger partial charge in [-0.25, -0.2) is 4.79 Å². The zero-order valence-electron chi connectivity index (χ0n) is 30.1. The van der Waals surface area contributed by atoms with Crippen molar-refractivity contribution in [1.82, 2.24) is 10.2 Å². The lowest BCUT2D eigenvalue weighted by Crippen LogP contribution is -2.64. The Balaban J connectivity index is 1.84. The first-order valence-corrected chi connectivity index (χ1v) is 18.8. The van der Waals surface area contributed by atoms with Crippen LogP contribution in [0.3, 0.4) is 0 Å². The number of carbonyl (C=O) groups excluding carboxylic acids is 2. The molecule has 0 aromatic rings. The van der Waals surface area contributed by atoms with Gasteiger partial charge in [0.1, 0.15) is 6.10 Å². The average molecular weight is 652 g/mol. The molecule has 1 saturated heterocycles. The van der Waals surface area contributed by atoms with E-state index in [1.54, 1.807) is 18.7 Å². The Morgan fingerprint density at radius 3 is 1.74 bits per heavy atom. The highest BCUT2D eigenvalue weighted by atomic mass is 16.7. The lowest BCUT2D eigenvalue weighted by molar-refractivity contribution is -0.304. The second-order valence-electron chi connectivity index (χ2n) is 15.3. The van der Waals surface area contributed by atoms with Gasteiger partial charge in [-0.1, -0.05) is 136 Å². The van der Waals surface area contributed by atoms with Crippen molar-refractivity contribution in [2.45, 2.75) is 187 Å². The van der Waals surface area contributed by atoms with E-state index >= 15 is 0 Å². The Morgan fingerprint density at radius 1 is 0.804 bits per heavy atom. The number of nitrogens with one attached hydrogen (secondary N) is 1. The summed E-state index contributed by atoms with van der Waals surface area (Å²) in [7, 11) is 0. The second kappa shape index (κ2) is 20.5. The zero-order valence-corrected chi connectivity index (χ0v) is 30.1. The Bertz CT molecular complexity index is 902. The summed E-state index contributed by atoms with van der Waals surface area (Å²) in [6.07, 6.45) is 23.2. The minimum absolute atomic E-state index is 0.0892. The number of urea groups is 1. The summed E-state index contributed by atoms with van der Waals surface area (Å²) in [4.78, 5) is 40.7. The van der Waals surface area contributed by atoms with Crippen molar-refractivity contribution in [2.24, 2.45) is 17.1 Å². The molecule has 0 bridgehead atoms. The Labute approximate surface area is 280 Å². The summed E-state index contributed by atoms with van der Waals surface area (Å²) in [5.74, 6) is -3.26. The standard InChI is InChI=1S/C37H69N3O6/c1-6-7-8-9-10-11-12-13-14-15-16-17-18-19-20-24-27-40(34(38)44)37(25-22-21-23-26-37)30(33(42)43)28-39-32(41)31-35(2,3)29-45-36(4,5)46-31/h30-31H,6-29H2,1-5H3,(H2,38,44)(H,39,41)(H,42,43). The van der Waals surface area contributed by atoms with Gasteiger partial charge in [0, 0.05) is 18.5 Å². The van der Waals surface area contributed by atoms with E-state index in [1.165, 1.54) is 83.5 Å². The molecule has 1 aliphatic carbocycles. The predicted molar refractivity (Wildman–Crippen MR) is 184 cm³/mol. The smallest absolute Gasteiger partial charge is 0.315 e. The highest BCUT2D eigenvalue weighted by Gasteiger charge is 2.51. The third kappa shape index (κ3) is 13.3. The molecule has 0 aromatic carbocycles. The molecule has 1 aliphatic heterocycles. The van der Waals surface area contributed by atoms with Gasteiger partial charge < -0.3 is 30.5 Å². The van der Waals surface area contributed by atoms with Gasteiger partial charge in [0.15, 0.2) is 5.79 Å². The van der Waals surface area contributed by atoms with Crippen molar-refractivity contribution in [3.8, 4) is 0 Å². The van der Waals surface area contributed by atoms with Crippen LogP contribution in [0.5, 0.6) is 0 Å². The number of aliphatic carboxylic acids is 1. The fourth-order valence-electron chi connectivity index (χ4n) is 7.46. The number of nitrogens with two attached hydrogens (primary N) is 1. The van der Waals surface area contributed by atoms with Gasteiger partial charge in [-0.05, 0) is 33.1 Å². The van der Waals surface area contributed by atoms with E-state index in [1.807, 2.05) is 13.8 Å². The summed E-state index contributed by atoms with van der Waals surface area (Å²) in [6, 6.07) is -0.573. The van der Waals surface area contributed by atoms with Gasteiger partial charge in [0.25, 0.3) is 0 Å². The van der Waals surface area contributed by atoms with E-state index in [2.05, 4.69) is 12.2 Å². The van der Waals surface area contributed by atoms with Crippen molar-refractivity contribution in [1.29, 1.82) is 0 Å². The number of carboxylic acid groups (broad SMARTS) is 1. The van der Waals surface area contributed by atoms with Crippen LogP contribution in [0.15, 0.2) is 0 Å². The van der Waals surface area contributed by atoms with Crippen LogP contribution in [0.25, 0.3) is 0 Å². The summed E-state index contributed by atoms with van der Waals surface area (Å²) in [5.41, 5.74) is 4.47. The first kappa shape index (κ1) is 40.3. The van der Waals surface area contributed by atoms with Gasteiger partial charge in [-0.15, -0.1) is 0 Å². The van der Waals surface area contributed by atoms with Gasteiger partial charge in [-0.2, -0.15) is 0 Å². The Kier molecular flexibility index (Phi) is 17.9. The quantitative estimate of drug-likeness (QED) is 0.0952. The number of ether oxygens (including phenoxy) is 2. The number of carboxylic acids is 1. The molecular formula is C37H69N3O6. The third-order valence-corrected chi connectivity index (χ3v) is 10.3. The number of carbonyl (C=O) groups is 3. The number of hydrogen-bond donors (Lipinski definition) is 3. The van der Waals surface area contributed by atoms with Crippen LogP contribution in [0.1, 0.15) is 169 Å². The molecule has 9 heteroatoms. The fourth-order valence-corrected chi connectivity index (χ4v) is 7.46. The molecule has 2 fully saturated rings. The average Bonchev–Trinajstić information content (AvgIpc) is 3.00. The number of primary amides is 1. The summed E-state index contributed by atoms with van der Waals surface area (Å²) in [6.45, 7) is 10.3. The van der Waals surface area contributed by atoms with Crippen LogP contribution in [0.4, 0.5) is 4.79 Å². The molecule has 2 atom stereocenters. The molecule has 268 valence electrons. The van der Waals surface area contributed by atoms with E-state index in [9.17, 15) is 19.5 Å². The van der Waals surface area contributed by atoms with E-state index in [4.69, 9.17) is 15.2 Å².